The zero-order valence-corrected chi connectivity index (χ0v) is 25.9. The summed E-state index contributed by atoms with van der Waals surface area (Å²) >= 11 is 17.1. The van der Waals surface area contributed by atoms with Crippen LogP contribution in [0.15, 0.2) is 113 Å². The summed E-state index contributed by atoms with van der Waals surface area (Å²) in [5.41, 5.74) is 5.51. The van der Waals surface area contributed by atoms with Crippen molar-refractivity contribution < 1.29 is 4.42 Å². The number of benzene rings is 3. The molecule has 5 nitrogen and oxygen atoms in total. The Labute approximate surface area is 262 Å². The molecule has 0 fully saturated rings. The zero-order valence-electron chi connectivity index (χ0n) is 21.9. The van der Waals surface area contributed by atoms with Crippen LogP contribution in [0.25, 0.3) is 23.1 Å². The van der Waals surface area contributed by atoms with Crippen molar-refractivity contribution in [2.45, 2.75) is 25.3 Å². The van der Waals surface area contributed by atoms with Crippen LogP contribution < -0.4 is 20.3 Å². The smallest absolute Gasteiger partial charge is 0.271 e. The second kappa shape index (κ2) is 11.0. The molecule has 0 saturated heterocycles. The molecule has 42 heavy (non-hydrogen) atoms. The third-order valence-electron chi connectivity index (χ3n) is 7.58. The standard InChI is InChI=1S/C33H21BrCl2N2O3S/c34-22-8-13-27-26(16-22)31(39)21(17-41-27)15-28-32(40)38-30(19-6-11-24(36)12-7-19)25-3-1-2-20(29(25)37-33(38)42-28)14-18-4-9-23(35)10-5-18/h4-17,30H,1-3H2/b20-14+,28-15+. The molecule has 7 rings (SSSR count). The fraction of sp³-hybridized carbons (Fsp3) is 0.121. The van der Waals surface area contributed by atoms with E-state index in [0.717, 1.165) is 51.7 Å². The summed E-state index contributed by atoms with van der Waals surface area (Å²) in [6.07, 6.45) is 7.81. The largest absolute Gasteiger partial charge is 0.463 e. The molecule has 0 amide bonds. The Morgan fingerprint density at radius 3 is 2.45 bits per heavy atom. The topological polar surface area (TPSA) is 64.6 Å². The van der Waals surface area contributed by atoms with Crippen molar-refractivity contribution >= 4 is 73.6 Å². The lowest BCUT2D eigenvalue weighted by Gasteiger charge is -2.31. The van der Waals surface area contributed by atoms with Crippen molar-refractivity contribution in [3.05, 3.63) is 151 Å². The number of nitrogens with zero attached hydrogens (tertiary/aromatic N) is 2. The van der Waals surface area contributed by atoms with Crippen molar-refractivity contribution in [3.63, 3.8) is 0 Å². The molecule has 9 heteroatoms. The monoisotopic (exact) mass is 674 g/mol. The minimum Gasteiger partial charge on any atom is -0.463 e. The molecule has 3 heterocycles. The van der Waals surface area contributed by atoms with Gasteiger partial charge in [-0.3, -0.25) is 14.2 Å². The van der Waals surface area contributed by atoms with Crippen molar-refractivity contribution in [2.24, 2.45) is 4.99 Å². The third-order valence-corrected chi connectivity index (χ3v) is 9.56. The molecular weight excluding hydrogens is 655 g/mol. The Balaban J connectivity index is 1.44. The Morgan fingerprint density at radius 2 is 1.69 bits per heavy atom. The van der Waals surface area contributed by atoms with E-state index < -0.39 is 0 Å². The van der Waals surface area contributed by atoms with Crippen LogP contribution in [0.1, 0.15) is 42.0 Å². The molecule has 1 unspecified atom stereocenters. The Kier molecular flexibility index (Phi) is 7.14. The summed E-state index contributed by atoms with van der Waals surface area (Å²) in [7, 11) is 0. The SMILES string of the molecule is O=c1c(/C=c2/sc3n(c2=O)C(c2ccc(Cl)cc2)C2=C(N=3)/C(=C/c3ccc(Cl)cc3)CCC2)coc2ccc(Br)cc12. The Morgan fingerprint density at radius 1 is 0.952 bits per heavy atom. The van der Waals surface area contributed by atoms with Crippen LogP contribution in [0.5, 0.6) is 0 Å². The summed E-state index contributed by atoms with van der Waals surface area (Å²) in [4.78, 5) is 33.0. The van der Waals surface area contributed by atoms with E-state index in [9.17, 15) is 9.59 Å². The fourth-order valence-electron chi connectivity index (χ4n) is 5.62. The highest BCUT2D eigenvalue weighted by molar-refractivity contribution is 9.10. The van der Waals surface area contributed by atoms with Gasteiger partial charge in [-0.05, 0) is 96.2 Å². The van der Waals surface area contributed by atoms with Gasteiger partial charge in [-0.15, -0.1) is 0 Å². The van der Waals surface area contributed by atoms with E-state index in [4.69, 9.17) is 32.6 Å². The lowest BCUT2D eigenvalue weighted by molar-refractivity contribution is 0.553. The average Bonchev–Trinajstić information content (AvgIpc) is 3.30. The number of thiazole rings is 1. The van der Waals surface area contributed by atoms with Crippen LogP contribution in [0, 0.1) is 0 Å². The van der Waals surface area contributed by atoms with Crippen LogP contribution in [-0.2, 0) is 0 Å². The number of hydrogen-bond donors (Lipinski definition) is 0. The van der Waals surface area contributed by atoms with E-state index in [2.05, 4.69) is 22.0 Å². The fourth-order valence-corrected chi connectivity index (χ4v) is 7.23. The Bertz CT molecular complexity index is 2190. The van der Waals surface area contributed by atoms with Crippen molar-refractivity contribution in [1.29, 1.82) is 0 Å². The molecule has 0 radical (unpaired) electrons. The minimum atomic E-state index is -0.339. The van der Waals surface area contributed by atoms with Crippen molar-refractivity contribution in [1.82, 2.24) is 4.57 Å². The number of rotatable bonds is 3. The number of halogens is 3. The second-order valence-electron chi connectivity index (χ2n) is 10.2. The van der Waals surface area contributed by atoms with Crippen LogP contribution in [0.3, 0.4) is 0 Å². The molecule has 1 aliphatic carbocycles. The quantitative estimate of drug-likeness (QED) is 0.197. The van der Waals surface area contributed by atoms with Gasteiger partial charge in [0, 0.05) is 14.5 Å². The zero-order chi connectivity index (χ0) is 29.0. The first-order valence-electron chi connectivity index (χ1n) is 13.3. The van der Waals surface area contributed by atoms with Gasteiger partial charge in [0.25, 0.3) is 5.56 Å². The van der Waals surface area contributed by atoms with Crippen molar-refractivity contribution in [3.8, 4) is 0 Å². The van der Waals surface area contributed by atoms with E-state index in [1.54, 1.807) is 22.8 Å². The maximum Gasteiger partial charge on any atom is 0.271 e. The summed E-state index contributed by atoms with van der Waals surface area (Å²) in [6.45, 7) is 0. The molecule has 5 aromatic rings. The molecule has 2 aliphatic rings. The molecular formula is C33H21BrCl2N2O3S. The van der Waals surface area contributed by atoms with Crippen LogP contribution >= 0.6 is 50.5 Å². The highest BCUT2D eigenvalue weighted by Gasteiger charge is 2.32. The highest BCUT2D eigenvalue weighted by Crippen LogP contribution is 2.41. The van der Waals surface area contributed by atoms with Gasteiger partial charge in [0.1, 0.15) is 11.8 Å². The van der Waals surface area contributed by atoms with Gasteiger partial charge >= 0.3 is 0 Å². The first kappa shape index (κ1) is 27.3. The molecule has 208 valence electrons. The predicted octanol–water partition coefficient (Wildman–Crippen LogP) is 7.66. The summed E-state index contributed by atoms with van der Waals surface area (Å²) in [5.74, 6) is 0. The molecule has 0 saturated carbocycles. The maximum absolute atomic E-state index is 14.0. The first-order valence-corrected chi connectivity index (χ1v) is 15.7. The normalized spacial score (nSPS) is 17.8. The lowest BCUT2D eigenvalue weighted by atomic mass is 9.84. The molecule has 3 aromatic carbocycles. The van der Waals surface area contributed by atoms with Gasteiger partial charge in [0.2, 0.25) is 0 Å². The average molecular weight is 676 g/mol. The van der Waals surface area contributed by atoms with Crippen molar-refractivity contribution in [2.75, 3.05) is 0 Å². The predicted molar refractivity (Wildman–Crippen MR) is 173 cm³/mol. The molecule has 1 atom stereocenters. The lowest BCUT2D eigenvalue weighted by Crippen LogP contribution is -2.39. The van der Waals surface area contributed by atoms with Gasteiger partial charge in [-0.1, -0.05) is 74.7 Å². The van der Waals surface area contributed by atoms with E-state index in [0.29, 0.717) is 35.9 Å². The van der Waals surface area contributed by atoms with Crippen LogP contribution in [0.4, 0.5) is 0 Å². The first-order chi connectivity index (χ1) is 20.4. The number of aromatic nitrogens is 1. The van der Waals surface area contributed by atoms with Gasteiger partial charge in [-0.2, -0.15) is 0 Å². The van der Waals surface area contributed by atoms with E-state index in [-0.39, 0.29) is 17.0 Å². The summed E-state index contributed by atoms with van der Waals surface area (Å²) in [6, 6.07) is 20.3. The van der Waals surface area contributed by atoms with Gasteiger partial charge in [-0.25, -0.2) is 4.99 Å². The third kappa shape index (κ3) is 4.94. The molecule has 0 N–H and O–H groups in total. The maximum atomic E-state index is 14.0. The Hall–Kier alpha value is -3.49. The number of allylic oxidation sites excluding steroid dienone is 2. The number of hydrogen-bond acceptors (Lipinski definition) is 5. The number of fused-ring (bicyclic) bond motifs is 2. The van der Waals surface area contributed by atoms with Gasteiger partial charge in [0.05, 0.1) is 27.2 Å². The van der Waals surface area contributed by atoms with Gasteiger partial charge in [0.15, 0.2) is 10.2 Å². The van der Waals surface area contributed by atoms with E-state index >= 15 is 0 Å². The minimum absolute atomic E-state index is 0.201. The molecule has 0 spiro atoms. The summed E-state index contributed by atoms with van der Waals surface area (Å²) in [5, 5.41) is 1.75. The van der Waals surface area contributed by atoms with Crippen LogP contribution in [0.2, 0.25) is 10.0 Å². The van der Waals surface area contributed by atoms with Crippen LogP contribution in [-0.4, -0.2) is 4.57 Å². The molecule has 2 aromatic heterocycles. The second-order valence-corrected chi connectivity index (χ2v) is 13.0. The van der Waals surface area contributed by atoms with E-state index in [1.165, 1.54) is 17.6 Å². The summed E-state index contributed by atoms with van der Waals surface area (Å²) < 4.78 is 8.67. The highest BCUT2D eigenvalue weighted by atomic mass is 79.9. The molecule has 0 bridgehead atoms. The van der Waals surface area contributed by atoms with Gasteiger partial charge < -0.3 is 4.42 Å². The van der Waals surface area contributed by atoms with E-state index in [1.807, 2.05) is 54.6 Å². The molecule has 1 aliphatic heterocycles.